The lowest BCUT2D eigenvalue weighted by Crippen LogP contribution is -2.29. The molecule has 4 nitrogen and oxygen atoms in total. The first-order valence-electron chi connectivity index (χ1n) is 9.29. The smallest absolute Gasteiger partial charge is 0.266 e. The molecule has 1 saturated heterocycles. The number of rotatable bonds is 8. The number of carbonyl (C=O) groups excluding carboxylic acids is 2. The quantitative estimate of drug-likeness (QED) is 0.374. The second-order valence-electron chi connectivity index (χ2n) is 6.47. The summed E-state index contributed by atoms with van der Waals surface area (Å²) in [6.45, 7) is 0.594. The van der Waals surface area contributed by atoms with E-state index in [1.54, 1.807) is 4.90 Å². The molecule has 0 spiro atoms. The van der Waals surface area contributed by atoms with Gasteiger partial charge >= 0.3 is 0 Å². The molecule has 1 aliphatic rings. The number of hydrogen-bond acceptors (Lipinski definition) is 4. The van der Waals surface area contributed by atoms with Crippen LogP contribution in [0.15, 0.2) is 65.6 Å². The van der Waals surface area contributed by atoms with E-state index in [0.29, 0.717) is 22.2 Å². The Morgan fingerprint density at radius 1 is 1.00 bits per heavy atom. The summed E-state index contributed by atoms with van der Waals surface area (Å²) in [5, 5.41) is 2.88. The molecule has 0 saturated carbocycles. The molecule has 2 aromatic rings. The Kier molecular flexibility index (Phi) is 7.39. The number of anilines is 1. The molecule has 1 fully saturated rings. The van der Waals surface area contributed by atoms with Gasteiger partial charge in [0.1, 0.15) is 4.32 Å². The van der Waals surface area contributed by atoms with Crippen molar-refractivity contribution in [2.75, 3.05) is 11.9 Å². The molecule has 6 heteroatoms. The summed E-state index contributed by atoms with van der Waals surface area (Å²) in [5.41, 5.74) is 1.81. The van der Waals surface area contributed by atoms with Crippen molar-refractivity contribution in [3.63, 3.8) is 0 Å². The van der Waals surface area contributed by atoms with Crippen LogP contribution in [-0.2, 0) is 9.59 Å². The highest BCUT2D eigenvalue weighted by molar-refractivity contribution is 8.26. The maximum atomic E-state index is 12.6. The summed E-state index contributed by atoms with van der Waals surface area (Å²) in [5.74, 6) is -0.0109. The molecule has 0 bridgehead atoms. The number of nitrogens with one attached hydrogen (secondary N) is 1. The highest BCUT2D eigenvalue weighted by atomic mass is 32.2. The molecule has 0 radical (unpaired) electrons. The summed E-state index contributed by atoms with van der Waals surface area (Å²) < 4.78 is 0.606. The molecule has 2 aromatic carbocycles. The van der Waals surface area contributed by atoms with Gasteiger partial charge < -0.3 is 5.32 Å². The van der Waals surface area contributed by atoms with Crippen LogP contribution < -0.4 is 5.32 Å². The van der Waals surface area contributed by atoms with Crippen LogP contribution in [0, 0.1) is 0 Å². The van der Waals surface area contributed by atoms with Gasteiger partial charge in [-0.2, -0.15) is 0 Å². The number of thioether (sulfide) groups is 1. The van der Waals surface area contributed by atoms with Gasteiger partial charge in [0.2, 0.25) is 5.91 Å². The van der Waals surface area contributed by atoms with Crippen molar-refractivity contribution in [3.8, 4) is 0 Å². The average Bonchev–Trinajstić information content (AvgIpc) is 2.96. The predicted molar refractivity (Wildman–Crippen MR) is 120 cm³/mol. The Morgan fingerprint density at radius 3 is 2.39 bits per heavy atom. The van der Waals surface area contributed by atoms with Gasteiger partial charge in [-0.05, 0) is 36.6 Å². The number of carbonyl (C=O) groups is 2. The Hall–Kier alpha value is -2.44. The lowest BCUT2D eigenvalue weighted by Gasteiger charge is -2.14. The standard InChI is InChI=1S/C22H22N2O2S2/c25-20(23-18-12-6-2-7-13-18)14-8-3-9-15-24-21(26)19(28-22(24)27)16-17-10-4-1-5-11-17/h1-2,4-7,10-13,16H,3,8-9,14-15H2,(H,23,25)/b19-16-. The van der Waals surface area contributed by atoms with Crippen LogP contribution >= 0.6 is 24.0 Å². The summed E-state index contributed by atoms with van der Waals surface area (Å²) in [4.78, 5) is 26.9. The van der Waals surface area contributed by atoms with Crippen LogP contribution in [0.3, 0.4) is 0 Å². The molecule has 2 amide bonds. The molecule has 1 heterocycles. The summed E-state index contributed by atoms with van der Waals surface area (Å²) in [7, 11) is 0. The number of unbranched alkanes of at least 4 members (excludes halogenated alkanes) is 2. The number of nitrogens with zero attached hydrogens (tertiary/aromatic N) is 1. The van der Waals surface area contributed by atoms with Crippen LogP contribution in [0.4, 0.5) is 5.69 Å². The largest absolute Gasteiger partial charge is 0.326 e. The fourth-order valence-electron chi connectivity index (χ4n) is 2.87. The van der Waals surface area contributed by atoms with E-state index in [9.17, 15) is 9.59 Å². The number of amides is 2. The normalized spacial score (nSPS) is 15.3. The first kappa shape index (κ1) is 20.3. The molecule has 3 rings (SSSR count). The number of benzene rings is 2. The third-order valence-corrected chi connectivity index (χ3v) is 5.69. The van der Waals surface area contributed by atoms with Crippen molar-refractivity contribution >= 4 is 51.9 Å². The maximum Gasteiger partial charge on any atom is 0.266 e. The van der Waals surface area contributed by atoms with Crippen molar-refractivity contribution < 1.29 is 9.59 Å². The summed E-state index contributed by atoms with van der Waals surface area (Å²) in [6.07, 6.45) is 4.84. The van der Waals surface area contributed by atoms with Crippen molar-refractivity contribution in [2.24, 2.45) is 0 Å². The summed E-state index contributed by atoms with van der Waals surface area (Å²) >= 11 is 6.72. The van der Waals surface area contributed by atoms with Crippen LogP contribution in [0.1, 0.15) is 31.2 Å². The zero-order valence-electron chi connectivity index (χ0n) is 15.5. The van der Waals surface area contributed by atoms with Crippen LogP contribution in [-0.4, -0.2) is 27.6 Å². The minimum absolute atomic E-state index is 0.0163. The van der Waals surface area contributed by atoms with Gasteiger partial charge in [0.05, 0.1) is 4.91 Å². The van der Waals surface area contributed by atoms with Crippen molar-refractivity contribution in [3.05, 3.63) is 71.1 Å². The van der Waals surface area contributed by atoms with Crippen LogP contribution in [0.2, 0.25) is 0 Å². The Balaban J connectivity index is 1.40. The fourth-order valence-corrected chi connectivity index (χ4v) is 4.18. The van der Waals surface area contributed by atoms with Crippen molar-refractivity contribution in [1.29, 1.82) is 0 Å². The van der Waals surface area contributed by atoms with E-state index >= 15 is 0 Å². The molecule has 0 unspecified atom stereocenters. The first-order valence-corrected chi connectivity index (χ1v) is 10.5. The number of hydrogen-bond donors (Lipinski definition) is 1. The molecule has 1 N–H and O–H groups in total. The minimum Gasteiger partial charge on any atom is -0.326 e. The first-order chi connectivity index (χ1) is 13.6. The monoisotopic (exact) mass is 410 g/mol. The van der Waals surface area contributed by atoms with E-state index in [1.165, 1.54) is 11.8 Å². The van der Waals surface area contributed by atoms with Gasteiger partial charge in [0.25, 0.3) is 5.91 Å². The third-order valence-electron chi connectivity index (χ3n) is 4.31. The van der Waals surface area contributed by atoms with Crippen molar-refractivity contribution in [2.45, 2.75) is 25.7 Å². The lowest BCUT2D eigenvalue weighted by atomic mass is 10.1. The Labute approximate surface area is 175 Å². The molecule has 144 valence electrons. The van der Waals surface area contributed by atoms with Crippen molar-refractivity contribution in [1.82, 2.24) is 4.90 Å². The number of thiocarbonyl (C=S) groups is 1. The van der Waals surface area contributed by atoms with Gasteiger partial charge in [0.15, 0.2) is 0 Å². The summed E-state index contributed by atoms with van der Waals surface area (Å²) in [6, 6.07) is 19.2. The van der Waals surface area contributed by atoms with Gasteiger partial charge in [-0.15, -0.1) is 0 Å². The second-order valence-corrected chi connectivity index (χ2v) is 8.14. The topological polar surface area (TPSA) is 49.4 Å². The molecular weight excluding hydrogens is 388 g/mol. The van der Waals surface area contributed by atoms with E-state index in [1.807, 2.05) is 66.7 Å². The van der Waals surface area contributed by atoms with Gasteiger partial charge in [-0.25, -0.2) is 0 Å². The molecule has 0 aromatic heterocycles. The third kappa shape index (κ3) is 5.78. The minimum atomic E-state index is -0.0272. The van der Waals surface area contributed by atoms with E-state index < -0.39 is 0 Å². The molecule has 28 heavy (non-hydrogen) atoms. The molecule has 1 aliphatic heterocycles. The van der Waals surface area contributed by atoms with Gasteiger partial charge in [-0.3, -0.25) is 14.5 Å². The van der Waals surface area contributed by atoms with E-state index in [0.717, 1.165) is 30.5 Å². The number of para-hydroxylation sites is 1. The Bertz CT molecular complexity index is 867. The zero-order chi connectivity index (χ0) is 19.8. The highest BCUT2D eigenvalue weighted by Gasteiger charge is 2.31. The van der Waals surface area contributed by atoms with Gasteiger partial charge in [0, 0.05) is 18.7 Å². The van der Waals surface area contributed by atoms with Crippen LogP contribution in [0.5, 0.6) is 0 Å². The zero-order valence-corrected chi connectivity index (χ0v) is 17.1. The molecular formula is C22H22N2O2S2. The maximum absolute atomic E-state index is 12.6. The highest BCUT2D eigenvalue weighted by Crippen LogP contribution is 2.32. The van der Waals surface area contributed by atoms with Gasteiger partial charge in [-0.1, -0.05) is 78.9 Å². The average molecular weight is 411 g/mol. The molecule has 0 atom stereocenters. The fraction of sp³-hybridized carbons (Fsp3) is 0.227. The van der Waals surface area contributed by atoms with E-state index in [-0.39, 0.29) is 11.8 Å². The predicted octanol–water partition coefficient (Wildman–Crippen LogP) is 5.09. The molecule has 0 aliphatic carbocycles. The van der Waals surface area contributed by atoms with E-state index in [2.05, 4.69) is 5.32 Å². The van der Waals surface area contributed by atoms with Crippen LogP contribution in [0.25, 0.3) is 6.08 Å². The van der Waals surface area contributed by atoms with E-state index in [4.69, 9.17) is 12.2 Å². The lowest BCUT2D eigenvalue weighted by molar-refractivity contribution is -0.122. The second kappa shape index (κ2) is 10.2. The SMILES string of the molecule is O=C(CCCCCN1C(=O)/C(=C/c2ccccc2)SC1=S)Nc1ccccc1. The Morgan fingerprint density at radius 2 is 1.68 bits per heavy atom.